The number of para-hydroxylation sites is 1. The molecule has 0 atom stereocenters. The Morgan fingerprint density at radius 2 is 2.04 bits per heavy atom. The summed E-state index contributed by atoms with van der Waals surface area (Å²) in [4.78, 5) is 13.8. The quantitative estimate of drug-likeness (QED) is 0.946. The molecular weight excluding hydrogens is 294 g/mol. The SMILES string of the molecule is CN(Cc1ccc2c(c1)OCO2)C(=O)Nc1ccccc1C#N. The molecule has 1 N–H and O–H groups in total. The highest BCUT2D eigenvalue weighted by molar-refractivity contribution is 5.90. The smallest absolute Gasteiger partial charge is 0.321 e. The molecule has 0 saturated heterocycles. The van der Waals surface area contributed by atoms with E-state index in [0.29, 0.717) is 29.3 Å². The monoisotopic (exact) mass is 309 g/mol. The standard InChI is InChI=1S/C17H15N3O3/c1-20(10-12-6-7-15-16(8-12)23-11-22-15)17(21)19-14-5-3-2-4-13(14)9-18/h2-8H,10-11H2,1H3,(H,19,21). The summed E-state index contributed by atoms with van der Waals surface area (Å²) in [6.07, 6.45) is 0. The maximum atomic E-state index is 12.3. The predicted octanol–water partition coefficient (Wildman–Crippen LogP) is 2.95. The Bertz CT molecular complexity index is 783. The Kier molecular flexibility index (Phi) is 4.02. The van der Waals surface area contributed by atoms with Crippen LogP contribution in [0.5, 0.6) is 11.5 Å². The van der Waals surface area contributed by atoms with E-state index in [1.165, 1.54) is 4.90 Å². The average Bonchev–Trinajstić information content (AvgIpc) is 3.03. The molecule has 0 fully saturated rings. The molecular formula is C17H15N3O3. The van der Waals surface area contributed by atoms with E-state index >= 15 is 0 Å². The van der Waals surface area contributed by atoms with E-state index in [9.17, 15) is 4.79 Å². The molecule has 0 aliphatic carbocycles. The van der Waals surface area contributed by atoms with Gasteiger partial charge >= 0.3 is 6.03 Å². The van der Waals surface area contributed by atoms with Gasteiger partial charge in [0.15, 0.2) is 11.5 Å². The van der Waals surface area contributed by atoms with E-state index in [4.69, 9.17) is 14.7 Å². The van der Waals surface area contributed by atoms with Crippen LogP contribution in [0.4, 0.5) is 10.5 Å². The summed E-state index contributed by atoms with van der Waals surface area (Å²) in [6.45, 7) is 0.636. The molecule has 1 aliphatic rings. The van der Waals surface area contributed by atoms with Gasteiger partial charge in [0.25, 0.3) is 0 Å². The number of carbonyl (C=O) groups excluding carboxylic acids is 1. The largest absolute Gasteiger partial charge is 0.454 e. The lowest BCUT2D eigenvalue weighted by Crippen LogP contribution is -2.31. The van der Waals surface area contributed by atoms with E-state index in [-0.39, 0.29) is 12.8 Å². The first-order valence-electron chi connectivity index (χ1n) is 7.07. The molecule has 3 rings (SSSR count). The molecule has 0 radical (unpaired) electrons. The summed E-state index contributed by atoms with van der Waals surface area (Å²) < 4.78 is 10.6. The predicted molar refractivity (Wildman–Crippen MR) is 84.2 cm³/mol. The topological polar surface area (TPSA) is 74.6 Å². The van der Waals surface area contributed by atoms with Crippen LogP contribution < -0.4 is 14.8 Å². The van der Waals surface area contributed by atoms with E-state index in [1.54, 1.807) is 31.3 Å². The lowest BCUT2D eigenvalue weighted by atomic mass is 10.2. The maximum Gasteiger partial charge on any atom is 0.321 e. The summed E-state index contributed by atoms with van der Waals surface area (Å²) in [5.74, 6) is 1.40. The summed E-state index contributed by atoms with van der Waals surface area (Å²) >= 11 is 0. The number of nitrogens with zero attached hydrogens (tertiary/aromatic N) is 2. The van der Waals surface area contributed by atoms with Crippen molar-refractivity contribution in [2.75, 3.05) is 19.2 Å². The van der Waals surface area contributed by atoms with E-state index < -0.39 is 0 Å². The first kappa shape index (κ1) is 14.7. The van der Waals surface area contributed by atoms with Gasteiger partial charge in [-0.15, -0.1) is 0 Å². The molecule has 2 aromatic carbocycles. The molecule has 0 bridgehead atoms. The molecule has 0 saturated carbocycles. The molecule has 0 unspecified atom stereocenters. The van der Waals surface area contributed by atoms with Crippen molar-refractivity contribution in [3.05, 3.63) is 53.6 Å². The molecule has 6 heteroatoms. The average molecular weight is 309 g/mol. The van der Waals surface area contributed by atoms with Crippen LogP contribution in [0.25, 0.3) is 0 Å². The highest BCUT2D eigenvalue weighted by atomic mass is 16.7. The van der Waals surface area contributed by atoms with Gasteiger partial charge in [-0.3, -0.25) is 0 Å². The van der Waals surface area contributed by atoms with Gasteiger partial charge in [0.05, 0.1) is 11.3 Å². The Balaban J connectivity index is 1.67. The summed E-state index contributed by atoms with van der Waals surface area (Å²) in [6, 6.07) is 14.2. The van der Waals surface area contributed by atoms with E-state index in [1.807, 2.05) is 18.2 Å². The molecule has 1 aliphatic heterocycles. The van der Waals surface area contributed by atoms with Crippen molar-refractivity contribution >= 4 is 11.7 Å². The second-order valence-electron chi connectivity index (χ2n) is 5.13. The number of anilines is 1. The van der Waals surface area contributed by atoms with Crippen molar-refractivity contribution in [2.45, 2.75) is 6.54 Å². The minimum atomic E-state index is -0.287. The second kappa shape index (κ2) is 6.28. The zero-order chi connectivity index (χ0) is 16.2. The molecule has 2 aromatic rings. The Labute approximate surface area is 133 Å². The lowest BCUT2D eigenvalue weighted by Gasteiger charge is -2.18. The molecule has 116 valence electrons. The number of rotatable bonds is 3. The van der Waals surface area contributed by atoms with Gasteiger partial charge in [-0.2, -0.15) is 5.26 Å². The lowest BCUT2D eigenvalue weighted by molar-refractivity contribution is 0.174. The van der Waals surface area contributed by atoms with Crippen molar-refractivity contribution in [3.63, 3.8) is 0 Å². The van der Waals surface area contributed by atoms with Gasteiger partial charge < -0.3 is 19.7 Å². The minimum absolute atomic E-state index is 0.222. The number of urea groups is 1. The van der Waals surface area contributed by atoms with E-state index in [0.717, 1.165) is 5.56 Å². The van der Waals surface area contributed by atoms with Crippen LogP contribution in [0, 0.1) is 11.3 Å². The molecule has 23 heavy (non-hydrogen) atoms. The van der Waals surface area contributed by atoms with E-state index in [2.05, 4.69) is 11.4 Å². The number of nitriles is 1. The third-order valence-electron chi connectivity index (χ3n) is 3.49. The first-order valence-corrected chi connectivity index (χ1v) is 7.07. The number of hydrogen-bond acceptors (Lipinski definition) is 4. The Morgan fingerprint density at radius 3 is 2.87 bits per heavy atom. The van der Waals surface area contributed by atoms with Gasteiger partial charge in [0, 0.05) is 13.6 Å². The summed E-state index contributed by atoms with van der Waals surface area (Å²) in [5.41, 5.74) is 1.86. The van der Waals surface area contributed by atoms with Gasteiger partial charge in [0.1, 0.15) is 6.07 Å². The first-order chi connectivity index (χ1) is 11.2. The highest BCUT2D eigenvalue weighted by Gasteiger charge is 2.16. The third-order valence-corrected chi connectivity index (χ3v) is 3.49. The zero-order valence-electron chi connectivity index (χ0n) is 12.6. The number of ether oxygens (including phenoxy) is 2. The Hall–Kier alpha value is -3.20. The van der Waals surface area contributed by atoms with Crippen LogP contribution in [0.2, 0.25) is 0 Å². The minimum Gasteiger partial charge on any atom is -0.454 e. The van der Waals surface area contributed by atoms with Crippen molar-refractivity contribution in [3.8, 4) is 17.6 Å². The number of carbonyl (C=O) groups is 1. The van der Waals surface area contributed by atoms with Crippen LogP contribution in [-0.2, 0) is 6.54 Å². The number of amides is 2. The number of fused-ring (bicyclic) bond motifs is 1. The molecule has 2 amide bonds. The Morgan fingerprint density at radius 1 is 1.26 bits per heavy atom. The fourth-order valence-corrected chi connectivity index (χ4v) is 2.29. The fraction of sp³-hybridized carbons (Fsp3) is 0.176. The number of benzene rings is 2. The molecule has 0 aromatic heterocycles. The molecule has 0 spiro atoms. The fourth-order valence-electron chi connectivity index (χ4n) is 2.29. The number of nitrogens with one attached hydrogen (secondary N) is 1. The zero-order valence-corrected chi connectivity index (χ0v) is 12.6. The van der Waals surface area contributed by atoms with Crippen LogP contribution in [0.1, 0.15) is 11.1 Å². The van der Waals surface area contributed by atoms with Crippen LogP contribution >= 0.6 is 0 Å². The summed E-state index contributed by atoms with van der Waals surface area (Å²) in [5, 5.41) is 11.8. The van der Waals surface area contributed by atoms with Gasteiger partial charge in [0.2, 0.25) is 6.79 Å². The van der Waals surface area contributed by atoms with Crippen LogP contribution in [0.3, 0.4) is 0 Å². The van der Waals surface area contributed by atoms with Gasteiger partial charge in [-0.05, 0) is 29.8 Å². The van der Waals surface area contributed by atoms with Crippen LogP contribution in [-0.4, -0.2) is 24.8 Å². The molecule has 1 heterocycles. The van der Waals surface area contributed by atoms with Gasteiger partial charge in [-0.25, -0.2) is 4.79 Å². The highest BCUT2D eigenvalue weighted by Crippen LogP contribution is 2.32. The van der Waals surface area contributed by atoms with Crippen LogP contribution in [0.15, 0.2) is 42.5 Å². The second-order valence-corrected chi connectivity index (χ2v) is 5.13. The van der Waals surface area contributed by atoms with Crippen molar-refractivity contribution in [2.24, 2.45) is 0 Å². The maximum absolute atomic E-state index is 12.3. The normalized spacial score (nSPS) is 11.7. The summed E-state index contributed by atoms with van der Waals surface area (Å²) in [7, 11) is 1.69. The van der Waals surface area contributed by atoms with Crippen molar-refractivity contribution < 1.29 is 14.3 Å². The van der Waals surface area contributed by atoms with Crippen molar-refractivity contribution in [1.82, 2.24) is 4.90 Å². The van der Waals surface area contributed by atoms with Gasteiger partial charge in [-0.1, -0.05) is 18.2 Å². The number of hydrogen-bond donors (Lipinski definition) is 1. The molecule has 6 nitrogen and oxygen atoms in total. The third kappa shape index (κ3) is 3.19. The van der Waals surface area contributed by atoms with Crippen molar-refractivity contribution in [1.29, 1.82) is 5.26 Å².